The smallest absolute Gasteiger partial charge is 0.230 e. The Labute approximate surface area is 234 Å². The van der Waals surface area contributed by atoms with Gasteiger partial charge in [0.2, 0.25) is 11.8 Å². The largest absolute Gasteiger partial charge is 0.485 e. The van der Waals surface area contributed by atoms with Crippen molar-refractivity contribution in [2.45, 2.75) is 19.4 Å². The van der Waals surface area contributed by atoms with E-state index in [4.69, 9.17) is 24.7 Å². The van der Waals surface area contributed by atoms with Gasteiger partial charge in [-0.1, -0.05) is 60.7 Å². The minimum Gasteiger partial charge on any atom is -0.485 e. The van der Waals surface area contributed by atoms with Gasteiger partial charge in [-0.05, 0) is 42.1 Å². The summed E-state index contributed by atoms with van der Waals surface area (Å²) in [5.41, 5.74) is 5.15. The van der Waals surface area contributed by atoms with Crippen LogP contribution in [0.3, 0.4) is 0 Å². The van der Waals surface area contributed by atoms with E-state index in [1.807, 2.05) is 84.5 Å². The molecule has 4 aromatic heterocycles. The molecule has 1 atom stereocenters. The number of hydrogen-bond donors (Lipinski definition) is 0. The van der Waals surface area contributed by atoms with Crippen LogP contribution in [0, 0.1) is 6.92 Å². The second kappa shape index (κ2) is 9.27. The molecule has 5 heterocycles. The van der Waals surface area contributed by atoms with E-state index in [9.17, 15) is 0 Å². The highest BCUT2D eigenvalue weighted by Crippen LogP contribution is 2.49. The third-order valence-corrected chi connectivity index (χ3v) is 7.39. The Bertz CT molecular complexity index is 2050. The van der Waals surface area contributed by atoms with E-state index in [1.54, 1.807) is 17.0 Å². The third kappa shape index (κ3) is 3.81. The first-order chi connectivity index (χ1) is 20.2. The quantitative estimate of drug-likeness (QED) is 0.265. The second-order valence-electron chi connectivity index (χ2n) is 9.90. The average molecular weight is 538 g/mol. The van der Waals surface area contributed by atoms with Crippen LogP contribution in [0.4, 0.5) is 0 Å². The van der Waals surface area contributed by atoms with Crippen LogP contribution in [0.5, 0.6) is 17.5 Å². The van der Waals surface area contributed by atoms with Crippen molar-refractivity contribution in [1.29, 1.82) is 0 Å². The van der Waals surface area contributed by atoms with E-state index in [-0.39, 0.29) is 12.5 Å². The summed E-state index contributed by atoms with van der Waals surface area (Å²) in [6.07, 6.45) is 5.26. The van der Waals surface area contributed by atoms with Crippen LogP contribution < -0.4 is 9.47 Å². The first-order valence-corrected chi connectivity index (χ1v) is 13.3. The predicted molar refractivity (Wildman–Crippen MR) is 153 cm³/mol. The van der Waals surface area contributed by atoms with Crippen molar-refractivity contribution in [3.63, 3.8) is 0 Å². The number of hydrogen-bond acceptors (Lipinski definition) is 7. The predicted octanol–water partition coefficient (Wildman–Crippen LogP) is 6.03. The highest BCUT2D eigenvalue weighted by molar-refractivity contribution is 5.88. The molecule has 7 aromatic rings. The molecule has 1 unspecified atom stereocenters. The fourth-order valence-corrected chi connectivity index (χ4v) is 5.57. The van der Waals surface area contributed by atoms with Crippen molar-refractivity contribution in [2.24, 2.45) is 0 Å². The van der Waals surface area contributed by atoms with Gasteiger partial charge >= 0.3 is 0 Å². The molecule has 0 aliphatic carbocycles. The molecule has 0 radical (unpaired) electrons. The Morgan fingerprint density at radius 1 is 0.878 bits per heavy atom. The van der Waals surface area contributed by atoms with Crippen molar-refractivity contribution in [1.82, 2.24) is 34.3 Å². The van der Waals surface area contributed by atoms with Gasteiger partial charge in [0.05, 0.1) is 28.4 Å². The number of benzene rings is 3. The van der Waals surface area contributed by atoms with Crippen molar-refractivity contribution in [3.05, 3.63) is 132 Å². The van der Waals surface area contributed by atoms with Gasteiger partial charge in [-0.3, -0.25) is 4.98 Å². The first-order valence-electron chi connectivity index (χ1n) is 13.3. The summed E-state index contributed by atoms with van der Waals surface area (Å²) in [6.45, 7) is 2.20. The summed E-state index contributed by atoms with van der Waals surface area (Å²) >= 11 is 0. The molecule has 8 rings (SSSR count). The Balaban J connectivity index is 1.24. The molecule has 0 fully saturated rings. The van der Waals surface area contributed by atoms with E-state index < -0.39 is 0 Å². The first kappa shape index (κ1) is 23.3. The zero-order valence-electron chi connectivity index (χ0n) is 22.0. The van der Waals surface area contributed by atoms with Gasteiger partial charge < -0.3 is 9.47 Å². The highest BCUT2D eigenvalue weighted by Gasteiger charge is 2.38. The van der Waals surface area contributed by atoms with Gasteiger partial charge in [0.25, 0.3) is 0 Å². The fourth-order valence-electron chi connectivity index (χ4n) is 5.57. The molecular weight excluding hydrogens is 514 g/mol. The number of ether oxygens (including phenoxy) is 2. The maximum Gasteiger partial charge on any atom is 0.230 e. The molecular formula is C32H23N7O2. The third-order valence-electron chi connectivity index (χ3n) is 7.39. The van der Waals surface area contributed by atoms with Crippen LogP contribution in [0.1, 0.15) is 34.1 Å². The molecule has 0 N–H and O–H groups in total. The number of nitrogens with zero attached hydrogens (tertiary/aromatic N) is 7. The summed E-state index contributed by atoms with van der Waals surface area (Å²) in [5, 5.41) is 11.7. The van der Waals surface area contributed by atoms with Crippen LogP contribution in [0.2, 0.25) is 0 Å². The minimum absolute atomic E-state index is 0.207. The lowest BCUT2D eigenvalue weighted by atomic mass is 9.85. The van der Waals surface area contributed by atoms with E-state index >= 15 is 0 Å². The number of para-hydroxylation sites is 1. The molecule has 198 valence electrons. The van der Waals surface area contributed by atoms with E-state index in [1.165, 1.54) is 0 Å². The van der Waals surface area contributed by atoms with Gasteiger partial charge in [0.1, 0.15) is 18.7 Å². The monoisotopic (exact) mass is 537 g/mol. The van der Waals surface area contributed by atoms with Crippen molar-refractivity contribution < 1.29 is 9.47 Å². The normalized spacial score (nSPS) is 14.0. The van der Waals surface area contributed by atoms with Crippen molar-refractivity contribution >= 4 is 16.4 Å². The molecule has 9 nitrogen and oxygen atoms in total. The fraction of sp³-hybridized carbons (Fsp3) is 0.0938. The van der Waals surface area contributed by atoms with Crippen molar-refractivity contribution in [2.75, 3.05) is 0 Å². The molecule has 41 heavy (non-hydrogen) atoms. The van der Waals surface area contributed by atoms with Crippen LogP contribution in [0.25, 0.3) is 22.1 Å². The summed E-state index contributed by atoms with van der Waals surface area (Å²) in [4.78, 5) is 14.0. The van der Waals surface area contributed by atoms with E-state index in [0.717, 1.165) is 44.6 Å². The Hall–Kier alpha value is -5.57. The molecule has 3 aromatic carbocycles. The number of pyridine rings is 1. The van der Waals surface area contributed by atoms with Crippen LogP contribution in [-0.2, 0) is 6.61 Å². The maximum atomic E-state index is 6.49. The maximum absolute atomic E-state index is 6.49. The topological polar surface area (TPSA) is 92.3 Å². The molecule has 0 saturated carbocycles. The molecule has 0 amide bonds. The summed E-state index contributed by atoms with van der Waals surface area (Å²) in [7, 11) is 0. The average Bonchev–Trinajstić information content (AvgIpc) is 3.60. The van der Waals surface area contributed by atoms with Crippen molar-refractivity contribution in [3.8, 4) is 23.2 Å². The summed E-state index contributed by atoms with van der Waals surface area (Å²) in [6, 6.07) is 28.1. The Kier molecular flexibility index (Phi) is 5.27. The van der Waals surface area contributed by atoms with Crippen LogP contribution in [0.15, 0.2) is 104 Å². The van der Waals surface area contributed by atoms with Gasteiger partial charge in [-0.15, -0.1) is 5.10 Å². The second-order valence-corrected chi connectivity index (χ2v) is 9.90. The lowest BCUT2D eigenvalue weighted by Crippen LogP contribution is -2.16. The van der Waals surface area contributed by atoms with Gasteiger partial charge in [-0.25, -0.2) is 19.2 Å². The molecule has 1 aliphatic heterocycles. The molecule has 0 bridgehead atoms. The van der Waals surface area contributed by atoms with Gasteiger partial charge in [-0.2, -0.15) is 5.10 Å². The zero-order valence-corrected chi connectivity index (χ0v) is 22.0. The number of fused-ring (bicyclic) bond motifs is 5. The molecule has 0 spiro atoms. The van der Waals surface area contributed by atoms with Crippen LogP contribution in [-0.4, -0.2) is 34.3 Å². The standard InChI is InChI=1S/C32H23N7O2/c1-20-27-28(22-11-8-16-33-17-22)29-30-35-26(18-40-25-15-7-10-21-9-5-6-14-24(21)25)37-38(30)19-34-31(29)41-32(27)39(36-20)23-12-3-2-4-13-23/h2-17,19,28H,18H2,1H3. The molecule has 9 heteroatoms. The van der Waals surface area contributed by atoms with Gasteiger partial charge in [0.15, 0.2) is 11.5 Å². The number of aromatic nitrogens is 7. The SMILES string of the molecule is Cc1nn(-c2ccccc2)c2c1C(c1cccnc1)c1c(ncn3nc(COc4cccc5ccccc45)nc13)O2. The Morgan fingerprint density at radius 3 is 2.61 bits per heavy atom. The van der Waals surface area contributed by atoms with E-state index in [2.05, 4.69) is 28.2 Å². The Morgan fingerprint density at radius 2 is 1.73 bits per heavy atom. The summed E-state index contributed by atoms with van der Waals surface area (Å²) < 4.78 is 16.2. The summed E-state index contributed by atoms with van der Waals surface area (Å²) in [5.74, 6) is 2.16. The molecule has 0 saturated heterocycles. The zero-order chi connectivity index (χ0) is 27.3. The highest BCUT2D eigenvalue weighted by atomic mass is 16.5. The van der Waals surface area contributed by atoms with Crippen LogP contribution >= 0.6 is 0 Å². The minimum atomic E-state index is -0.257. The van der Waals surface area contributed by atoms with Gasteiger partial charge in [0, 0.05) is 17.8 Å². The van der Waals surface area contributed by atoms with E-state index in [0.29, 0.717) is 23.2 Å². The lowest BCUT2D eigenvalue weighted by molar-refractivity contribution is 0.299. The molecule has 1 aliphatic rings. The number of rotatable bonds is 5. The lowest BCUT2D eigenvalue weighted by Gasteiger charge is -2.26. The number of aryl methyl sites for hydroxylation is 1.